The molecule has 0 fully saturated rings. The van der Waals surface area contributed by atoms with E-state index >= 15 is 0 Å². The first-order chi connectivity index (χ1) is 12.8. The van der Waals surface area contributed by atoms with Crippen molar-refractivity contribution in [3.8, 4) is 11.5 Å². The highest BCUT2D eigenvalue weighted by molar-refractivity contribution is 5.96. The van der Waals surface area contributed by atoms with E-state index in [0.717, 1.165) is 11.1 Å². The molecule has 144 valence electrons. The summed E-state index contributed by atoms with van der Waals surface area (Å²) in [5, 5.41) is 0. The van der Waals surface area contributed by atoms with E-state index in [9.17, 15) is 9.59 Å². The van der Waals surface area contributed by atoms with Crippen LogP contribution in [0.25, 0.3) is 0 Å². The highest BCUT2D eigenvalue weighted by atomic mass is 16.5. The average Bonchev–Trinajstić information content (AvgIpc) is 2.62. The minimum Gasteiger partial charge on any atom is -0.493 e. The van der Waals surface area contributed by atoms with Crippen LogP contribution in [0.5, 0.6) is 11.5 Å². The smallest absolute Gasteiger partial charge is 0.269 e. The van der Waals surface area contributed by atoms with Crippen LogP contribution < -0.4 is 20.3 Å². The third kappa shape index (κ3) is 5.74. The van der Waals surface area contributed by atoms with Gasteiger partial charge in [-0.3, -0.25) is 20.4 Å². The molecule has 0 saturated heterocycles. The minimum atomic E-state index is -0.433. The van der Waals surface area contributed by atoms with Crippen LogP contribution in [-0.2, 0) is 11.2 Å². The molecule has 2 aromatic carbocycles. The van der Waals surface area contributed by atoms with Crippen molar-refractivity contribution < 1.29 is 19.1 Å². The maximum absolute atomic E-state index is 12.3. The number of aryl methyl sites for hydroxylation is 2. The summed E-state index contributed by atoms with van der Waals surface area (Å²) in [6, 6.07) is 10.7. The van der Waals surface area contributed by atoms with E-state index in [4.69, 9.17) is 9.47 Å². The molecule has 0 aliphatic carbocycles. The fraction of sp³-hybridized carbons (Fsp3) is 0.333. The Morgan fingerprint density at radius 3 is 2.33 bits per heavy atom. The summed E-state index contributed by atoms with van der Waals surface area (Å²) in [6.45, 7) is 7.83. The molecule has 0 aliphatic heterocycles. The monoisotopic (exact) mass is 370 g/mol. The van der Waals surface area contributed by atoms with Gasteiger partial charge in [0.1, 0.15) is 0 Å². The van der Waals surface area contributed by atoms with Gasteiger partial charge < -0.3 is 9.47 Å². The molecule has 0 aromatic heterocycles. The Bertz CT molecular complexity index is 831. The summed E-state index contributed by atoms with van der Waals surface area (Å²) in [4.78, 5) is 24.4. The largest absolute Gasteiger partial charge is 0.493 e. The van der Waals surface area contributed by atoms with Crippen molar-refractivity contribution in [3.05, 3.63) is 58.7 Å². The number of benzene rings is 2. The summed E-state index contributed by atoms with van der Waals surface area (Å²) < 4.78 is 10.9. The van der Waals surface area contributed by atoms with Gasteiger partial charge in [0.25, 0.3) is 5.91 Å². The van der Waals surface area contributed by atoms with Gasteiger partial charge in [-0.15, -0.1) is 0 Å². The van der Waals surface area contributed by atoms with Crippen LogP contribution in [0, 0.1) is 13.8 Å². The molecule has 0 spiro atoms. The van der Waals surface area contributed by atoms with E-state index < -0.39 is 5.91 Å². The Hall–Kier alpha value is -3.02. The van der Waals surface area contributed by atoms with Crippen molar-refractivity contribution in [2.24, 2.45) is 0 Å². The molecule has 0 atom stereocenters. The second-order valence-corrected chi connectivity index (χ2v) is 6.63. The van der Waals surface area contributed by atoms with E-state index in [1.54, 1.807) is 18.2 Å². The summed E-state index contributed by atoms with van der Waals surface area (Å²) in [7, 11) is 1.51. The van der Waals surface area contributed by atoms with Gasteiger partial charge >= 0.3 is 0 Å². The molecule has 6 heteroatoms. The lowest BCUT2D eigenvalue weighted by Crippen LogP contribution is -2.42. The molecule has 27 heavy (non-hydrogen) atoms. The van der Waals surface area contributed by atoms with Crippen LogP contribution in [-0.4, -0.2) is 25.0 Å². The quantitative estimate of drug-likeness (QED) is 0.766. The second kappa shape index (κ2) is 9.07. The third-order valence-electron chi connectivity index (χ3n) is 4.04. The molecule has 6 nitrogen and oxygen atoms in total. The SMILES string of the molecule is COc1cc(C(=O)NNC(=O)Cc2ccc(C)c(C)c2)ccc1OC(C)C. The molecule has 0 radical (unpaired) electrons. The molecule has 0 bridgehead atoms. The summed E-state index contributed by atoms with van der Waals surface area (Å²) in [5.41, 5.74) is 8.40. The molecular weight excluding hydrogens is 344 g/mol. The van der Waals surface area contributed by atoms with Gasteiger partial charge in [-0.2, -0.15) is 0 Å². The normalized spacial score (nSPS) is 10.4. The Morgan fingerprint density at radius 2 is 1.70 bits per heavy atom. The zero-order valence-electron chi connectivity index (χ0n) is 16.4. The standard InChI is InChI=1S/C21H26N2O4/c1-13(2)27-18-9-8-17(12-19(18)26-5)21(25)23-22-20(24)11-16-7-6-14(3)15(4)10-16/h6-10,12-13H,11H2,1-5H3,(H,22,24)(H,23,25). The van der Waals surface area contributed by atoms with Crippen molar-refractivity contribution in [2.75, 3.05) is 7.11 Å². The Kier molecular flexibility index (Phi) is 6.82. The zero-order chi connectivity index (χ0) is 20.0. The molecule has 0 heterocycles. The van der Waals surface area contributed by atoms with Crippen molar-refractivity contribution >= 4 is 11.8 Å². The molecule has 2 amide bonds. The topological polar surface area (TPSA) is 76.7 Å². The minimum absolute atomic E-state index is 0.0109. The van der Waals surface area contributed by atoms with Gasteiger partial charge in [-0.1, -0.05) is 18.2 Å². The Labute approximate surface area is 159 Å². The number of hydrazine groups is 1. The highest BCUT2D eigenvalue weighted by Crippen LogP contribution is 2.28. The molecule has 0 aliphatic rings. The first-order valence-corrected chi connectivity index (χ1v) is 8.80. The van der Waals surface area contributed by atoms with Crippen molar-refractivity contribution in [1.82, 2.24) is 10.9 Å². The Morgan fingerprint density at radius 1 is 0.963 bits per heavy atom. The number of hydrogen-bond donors (Lipinski definition) is 2. The van der Waals surface area contributed by atoms with Crippen LogP contribution in [0.3, 0.4) is 0 Å². The maximum atomic E-state index is 12.3. The van der Waals surface area contributed by atoms with Crippen LogP contribution in [0.4, 0.5) is 0 Å². The van der Waals surface area contributed by atoms with Crippen LogP contribution in [0.1, 0.15) is 40.9 Å². The first kappa shape index (κ1) is 20.3. The summed E-state index contributed by atoms with van der Waals surface area (Å²) in [5.74, 6) is 0.289. The molecule has 2 rings (SSSR count). The molecular formula is C21H26N2O4. The highest BCUT2D eigenvalue weighted by Gasteiger charge is 2.13. The van der Waals surface area contributed by atoms with E-state index in [0.29, 0.717) is 17.1 Å². The molecule has 0 unspecified atom stereocenters. The fourth-order valence-corrected chi connectivity index (χ4v) is 2.50. The maximum Gasteiger partial charge on any atom is 0.269 e. The molecule has 2 aromatic rings. The van der Waals surface area contributed by atoms with E-state index in [2.05, 4.69) is 10.9 Å². The van der Waals surface area contributed by atoms with Crippen molar-refractivity contribution in [1.29, 1.82) is 0 Å². The number of carbonyl (C=O) groups excluding carboxylic acids is 2. The summed E-state index contributed by atoms with van der Waals surface area (Å²) >= 11 is 0. The predicted molar refractivity (Wildman–Crippen MR) is 104 cm³/mol. The lowest BCUT2D eigenvalue weighted by atomic mass is 10.0. The lowest BCUT2D eigenvalue weighted by molar-refractivity contribution is -0.121. The fourth-order valence-electron chi connectivity index (χ4n) is 2.50. The molecule has 0 saturated carbocycles. The number of carbonyl (C=O) groups is 2. The van der Waals surface area contributed by atoms with Gasteiger partial charge in [-0.05, 0) is 62.6 Å². The van der Waals surface area contributed by atoms with E-state index in [-0.39, 0.29) is 18.4 Å². The van der Waals surface area contributed by atoms with E-state index in [1.165, 1.54) is 12.7 Å². The van der Waals surface area contributed by atoms with Crippen molar-refractivity contribution in [3.63, 3.8) is 0 Å². The number of hydrogen-bond acceptors (Lipinski definition) is 4. The Balaban J connectivity index is 1.96. The first-order valence-electron chi connectivity index (χ1n) is 8.80. The van der Waals surface area contributed by atoms with Crippen LogP contribution >= 0.6 is 0 Å². The van der Waals surface area contributed by atoms with Gasteiger partial charge in [0.2, 0.25) is 5.91 Å². The zero-order valence-corrected chi connectivity index (χ0v) is 16.4. The van der Waals surface area contributed by atoms with Crippen molar-refractivity contribution in [2.45, 2.75) is 40.2 Å². The van der Waals surface area contributed by atoms with Crippen LogP contribution in [0.2, 0.25) is 0 Å². The number of methoxy groups -OCH3 is 1. The third-order valence-corrected chi connectivity index (χ3v) is 4.04. The van der Waals surface area contributed by atoms with Gasteiger partial charge in [0.15, 0.2) is 11.5 Å². The van der Waals surface area contributed by atoms with Gasteiger partial charge in [0.05, 0.1) is 19.6 Å². The second-order valence-electron chi connectivity index (χ2n) is 6.63. The van der Waals surface area contributed by atoms with Gasteiger partial charge in [-0.25, -0.2) is 0 Å². The summed E-state index contributed by atoms with van der Waals surface area (Å²) in [6.07, 6.45) is 0.176. The number of nitrogens with one attached hydrogen (secondary N) is 2. The number of ether oxygens (including phenoxy) is 2. The predicted octanol–water partition coefficient (Wildman–Crippen LogP) is 3.10. The number of rotatable bonds is 6. The lowest BCUT2D eigenvalue weighted by Gasteiger charge is -2.14. The number of amides is 2. The van der Waals surface area contributed by atoms with E-state index in [1.807, 2.05) is 45.9 Å². The average molecular weight is 370 g/mol. The van der Waals surface area contributed by atoms with Crippen LogP contribution in [0.15, 0.2) is 36.4 Å². The molecule has 2 N–H and O–H groups in total. The van der Waals surface area contributed by atoms with Gasteiger partial charge in [0, 0.05) is 5.56 Å².